The van der Waals surface area contributed by atoms with E-state index in [1.807, 2.05) is 88.4 Å². The third-order valence-corrected chi connectivity index (χ3v) is 12.3. The number of aromatic nitrogens is 9. The number of carbonyl (C=O) groups is 2. The molecule has 0 aliphatic carbocycles. The number of thiazole rings is 4. The van der Waals surface area contributed by atoms with E-state index in [9.17, 15) is 9.59 Å². The van der Waals surface area contributed by atoms with Gasteiger partial charge in [-0.2, -0.15) is 0 Å². The van der Waals surface area contributed by atoms with Gasteiger partial charge in [0.1, 0.15) is 27.8 Å². The number of nitrogens with two attached hydrogens (primary N) is 2. The lowest BCUT2D eigenvalue weighted by Gasteiger charge is -2.19. The molecule has 17 nitrogen and oxygen atoms in total. The van der Waals surface area contributed by atoms with E-state index < -0.39 is 17.6 Å². The number of nitrogens with one attached hydrogen (secondary N) is 2. The number of fused-ring (bicyclic) bond motifs is 1. The van der Waals surface area contributed by atoms with Gasteiger partial charge in [0, 0.05) is 50.2 Å². The van der Waals surface area contributed by atoms with E-state index in [4.69, 9.17) is 20.6 Å². The van der Waals surface area contributed by atoms with E-state index in [1.165, 1.54) is 33.6 Å². The third-order valence-electron chi connectivity index (χ3n) is 8.06. The predicted molar refractivity (Wildman–Crippen MR) is 243 cm³/mol. The maximum absolute atomic E-state index is 12.9. The molecule has 320 valence electrons. The van der Waals surface area contributed by atoms with Crippen LogP contribution in [0.1, 0.15) is 67.9 Å². The van der Waals surface area contributed by atoms with Crippen LogP contribution in [-0.2, 0) is 24.4 Å². The molecule has 0 fully saturated rings. The molecule has 0 aliphatic heterocycles. The zero-order valence-corrected chi connectivity index (χ0v) is 39.1. The molecule has 6 N–H and O–H groups in total. The van der Waals surface area contributed by atoms with Gasteiger partial charge in [0.2, 0.25) is 5.89 Å². The molecule has 0 bridgehead atoms. The monoisotopic (exact) mass is 965 g/mol. The van der Waals surface area contributed by atoms with Crippen molar-refractivity contribution >= 4 is 84.7 Å². The molecule has 0 saturated carbocycles. The Morgan fingerprint density at radius 1 is 0.787 bits per heavy atom. The summed E-state index contributed by atoms with van der Waals surface area (Å²) in [7, 11) is 0. The average Bonchev–Trinajstić information content (AvgIpc) is 4.09. The van der Waals surface area contributed by atoms with Gasteiger partial charge in [-0.05, 0) is 76.5 Å². The molecule has 0 aliphatic rings. The van der Waals surface area contributed by atoms with Crippen molar-refractivity contribution in [3.8, 4) is 22.8 Å². The smallest absolute Gasteiger partial charge is 0.407 e. The van der Waals surface area contributed by atoms with E-state index >= 15 is 0 Å². The van der Waals surface area contributed by atoms with Crippen LogP contribution in [0.25, 0.3) is 28.5 Å². The molecular formula is C39H44BrN13O4S4. The van der Waals surface area contributed by atoms with E-state index in [-0.39, 0.29) is 23.9 Å². The summed E-state index contributed by atoms with van der Waals surface area (Å²) < 4.78 is 13.3. The van der Waals surface area contributed by atoms with Gasteiger partial charge in [-0.15, -0.1) is 45.3 Å². The quantitative estimate of drug-likeness (QED) is 0.112. The van der Waals surface area contributed by atoms with Crippen molar-refractivity contribution in [1.82, 2.24) is 54.9 Å². The fourth-order valence-corrected chi connectivity index (χ4v) is 7.69. The van der Waals surface area contributed by atoms with Crippen molar-refractivity contribution in [1.29, 1.82) is 0 Å². The number of halogens is 1. The first-order chi connectivity index (χ1) is 29.1. The molecule has 0 saturated heterocycles. The molecular weight excluding hydrogens is 923 g/mol. The zero-order valence-electron chi connectivity index (χ0n) is 34.3. The van der Waals surface area contributed by atoms with E-state index in [1.54, 1.807) is 51.2 Å². The first-order valence-corrected chi connectivity index (χ1v) is 22.6. The SMILES string of the molecule is Cc1scnc1Br.Cc1scnc1CN.Cc1scnc1CNC(=O)OC(C)(C)C.Cc1scnc1CNC(=O)c1nc(-c2ccc3nccn3c2)c(-c2ncco2)nc1N. The Hall–Kier alpha value is -5.52. The van der Waals surface area contributed by atoms with E-state index in [0.29, 0.717) is 30.0 Å². The molecule has 8 aromatic rings. The standard InChI is InChI=1S/C20H16N8O2S.C10H16N2O2S.C5H8N2S.C4H4BrNS/c1-11-13(25-10-31-11)8-24-19(29)17-18(21)27-16(20-23-5-7-30-20)15(26-17)12-2-3-14-22-4-6-28(14)9-12;1-7-8(12-6-15-7)5-11-9(13)14-10(2,3)4;1-4-5(2-6)7-3-8-4;1-3-4(5)6-2-7-3/h2-7,9-10H,8H2,1H3,(H2,21,27)(H,24,29);6H,5H2,1-4H3,(H,11,13);3H,2,6H2,1H3;2H,1H3. The number of aryl methyl sites for hydroxylation is 4. The summed E-state index contributed by atoms with van der Waals surface area (Å²) in [6, 6.07) is 3.69. The van der Waals surface area contributed by atoms with Crippen LogP contribution in [0.5, 0.6) is 0 Å². The topological polar surface area (TPSA) is 240 Å². The van der Waals surface area contributed by atoms with Crippen LogP contribution in [0.4, 0.5) is 10.6 Å². The number of alkyl carbamates (subject to hydrolysis) is 1. The summed E-state index contributed by atoms with van der Waals surface area (Å²) in [5, 5.41) is 5.48. The lowest BCUT2D eigenvalue weighted by atomic mass is 10.1. The van der Waals surface area contributed by atoms with E-state index in [2.05, 4.69) is 66.4 Å². The summed E-state index contributed by atoms with van der Waals surface area (Å²) in [6.07, 6.45) is 7.89. The van der Waals surface area contributed by atoms with Crippen LogP contribution in [0.15, 0.2) is 74.2 Å². The number of anilines is 1. The highest BCUT2D eigenvalue weighted by molar-refractivity contribution is 9.10. The van der Waals surface area contributed by atoms with Gasteiger partial charge >= 0.3 is 6.09 Å². The van der Waals surface area contributed by atoms with Crippen molar-refractivity contribution in [3.63, 3.8) is 0 Å². The normalized spacial score (nSPS) is 10.8. The third kappa shape index (κ3) is 13.5. The maximum Gasteiger partial charge on any atom is 0.407 e. The van der Waals surface area contributed by atoms with Crippen LogP contribution in [0.2, 0.25) is 0 Å². The second kappa shape index (κ2) is 21.8. The molecule has 2 amide bonds. The maximum atomic E-state index is 12.9. The molecule has 0 aromatic carbocycles. The fourth-order valence-electron chi connectivity index (χ4n) is 4.90. The number of rotatable bonds is 8. The van der Waals surface area contributed by atoms with Gasteiger partial charge in [-0.1, -0.05) is 0 Å². The highest BCUT2D eigenvalue weighted by Crippen LogP contribution is 2.30. The summed E-state index contributed by atoms with van der Waals surface area (Å²) in [5.74, 6) is -0.209. The first kappa shape index (κ1) is 46.5. The first-order valence-electron chi connectivity index (χ1n) is 18.3. The molecule has 0 spiro atoms. The minimum Gasteiger partial charge on any atom is -0.444 e. The fraction of sp³-hybridized carbons (Fsp3) is 0.282. The number of ether oxygens (including phenoxy) is 1. The zero-order chi connectivity index (χ0) is 44.1. The molecule has 8 heterocycles. The summed E-state index contributed by atoms with van der Waals surface area (Å²) in [5.41, 5.74) is 23.1. The second-order valence-electron chi connectivity index (χ2n) is 13.6. The Balaban J connectivity index is 0.000000192. The number of hydrogen-bond acceptors (Lipinski definition) is 18. The lowest BCUT2D eigenvalue weighted by molar-refractivity contribution is 0.0522. The Morgan fingerprint density at radius 2 is 1.39 bits per heavy atom. The van der Waals surface area contributed by atoms with Crippen molar-refractivity contribution in [2.75, 3.05) is 5.73 Å². The van der Waals surface area contributed by atoms with Crippen LogP contribution < -0.4 is 22.1 Å². The number of hydrogen-bond donors (Lipinski definition) is 4. The molecule has 0 atom stereocenters. The van der Waals surface area contributed by atoms with Crippen LogP contribution in [0.3, 0.4) is 0 Å². The molecule has 0 radical (unpaired) electrons. The van der Waals surface area contributed by atoms with E-state index in [0.717, 1.165) is 37.1 Å². The largest absolute Gasteiger partial charge is 0.444 e. The van der Waals surface area contributed by atoms with Gasteiger partial charge in [0.15, 0.2) is 17.2 Å². The Morgan fingerprint density at radius 3 is 1.89 bits per heavy atom. The number of imidazole rings is 1. The Kier molecular flexibility index (Phi) is 16.7. The van der Waals surface area contributed by atoms with Crippen LogP contribution in [-0.4, -0.2) is 61.9 Å². The van der Waals surface area contributed by atoms with Crippen molar-refractivity contribution < 1.29 is 18.7 Å². The molecule has 61 heavy (non-hydrogen) atoms. The minimum atomic E-state index is -0.457. The number of carbonyl (C=O) groups excluding carboxylic acids is 2. The van der Waals surface area contributed by atoms with Gasteiger partial charge in [0.25, 0.3) is 5.91 Å². The highest BCUT2D eigenvalue weighted by atomic mass is 79.9. The van der Waals surface area contributed by atoms with Crippen LogP contribution >= 0.6 is 61.3 Å². The van der Waals surface area contributed by atoms with Gasteiger partial charge in [0.05, 0.1) is 58.4 Å². The highest BCUT2D eigenvalue weighted by Gasteiger charge is 2.23. The molecule has 0 unspecified atom stereocenters. The number of pyridine rings is 1. The lowest BCUT2D eigenvalue weighted by Crippen LogP contribution is -2.32. The summed E-state index contributed by atoms with van der Waals surface area (Å²) >= 11 is 9.63. The number of oxazole rings is 1. The Bertz CT molecular complexity index is 2630. The number of amides is 2. The van der Waals surface area contributed by atoms with Crippen molar-refractivity contribution in [2.24, 2.45) is 5.73 Å². The van der Waals surface area contributed by atoms with Gasteiger partial charge in [-0.3, -0.25) is 4.79 Å². The minimum absolute atomic E-state index is 0.0175. The molecule has 22 heteroatoms. The van der Waals surface area contributed by atoms with Gasteiger partial charge < -0.3 is 35.7 Å². The average molecular weight is 967 g/mol. The predicted octanol–water partition coefficient (Wildman–Crippen LogP) is 8.32. The number of nitrogen functional groups attached to an aromatic ring is 1. The number of nitrogens with zero attached hydrogens (tertiary/aromatic N) is 9. The van der Waals surface area contributed by atoms with Crippen molar-refractivity contribution in [2.45, 2.75) is 73.7 Å². The van der Waals surface area contributed by atoms with Crippen molar-refractivity contribution in [3.05, 3.63) is 112 Å². The van der Waals surface area contributed by atoms with Crippen LogP contribution in [0, 0.1) is 27.7 Å². The molecule has 8 aromatic heterocycles. The van der Waals surface area contributed by atoms with Gasteiger partial charge in [-0.25, -0.2) is 44.7 Å². The second-order valence-corrected chi connectivity index (χ2v) is 18.6. The molecule has 8 rings (SSSR count). The summed E-state index contributed by atoms with van der Waals surface area (Å²) in [6.45, 7) is 14.7. The summed E-state index contributed by atoms with van der Waals surface area (Å²) in [4.78, 5) is 62.5. The Labute approximate surface area is 376 Å².